The summed E-state index contributed by atoms with van der Waals surface area (Å²) in [6.45, 7) is 24.6. The summed E-state index contributed by atoms with van der Waals surface area (Å²) >= 11 is 0. The number of carbonyl (C=O) groups excluding carboxylic acids is 4. The van der Waals surface area contributed by atoms with E-state index in [-0.39, 0.29) is 46.8 Å². The Hall–Kier alpha value is -5.24. The molecule has 0 aromatic carbocycles. The summed E-state index contributed by atoms with van der Waals surface area (Å²) in [5, 5.41) is 29.4. The fourth-order valence-electron chi connectivity index (χ4n) is 8.30. The number of esters is 4. The lowest BCUT2D eigenvalue weighted by atomic mass is 9.76. The van der Waals surface area contributed by atoms with Crippen LogP contribution in [0.1, 0.15) is 92.7 Å². The Kier molecular flexibility index (Phi) is 10.4. The standard InChI is InChI=1S/C42H47NO12/c1-19(2)27-14-29-26(40(47)50-10)13-34(52-29)36(21(5)6)32-11-24(38(45)54-32)17-41(27,48)43-42(49)18-25-12-33(55-39(25)46)37(22(7)8)35-16-31(51-23(9)44)30(53-35)15-28(42)20(3)4/h11-13,16,27-28,32-33,36-37,43,48-49H,1,3,5,7,14-15,17-18H2,2,4,6,8-10H3/t27-,28?,32-,33-,36?,37?,41+,42+/m1/s1. The molecule has 6 rings (SSSR count). The third kappa shape index (κ3) is 7.31. The highest BCUT2D eigenvalue weighted by Gasteiger charge is 2.53. The van der Waals surface area contributed by atoms with Gasteiger partial charge in [0.25, 0.3) is 0 Å². The zero-order valence-corrected chi connectivity index (χ0v) is 31.9. The molecule has 55 heavy (non-hydrogen) atoms. The molecule has 8 atom stereocenters. The molecule has 6 heterocycles. The van der Waals surface area contributed by atoms with Crippen LogP contribution in [-0.2, 0) is 41.4 Å². The quantitative estimate of drug-likeness (QED) is 0.132. The molecule has 0 amide bonds. The fourth-order valence-corrected chi connectivity index (χ4v) is 8.30. The van der Waals surface area contributed by atoms with E-state index >= 15 is 0 Å². The van der Waals surface area contributed by atoms with Crippen LogP contribution in [-0.4, -0.2) is 64.9 Å². The van der Waals surface area contributed by atoms with E-state index in [1.54, 1.807) is 39.8 Å². The second-order valence-corrected chi connectivity index (χ2v) is 15.3. The molecule has 13 heteroatoms. The highest BCUT2D eigenvalue weighted by Crippen LogP contribution is 2.47. The van der Waals surface area contributed by atoms with Gasteiger partial charge in [-0.1, -0.05) is 48.6 Å². The SMILES string of the molecule is C=C(C)C1c2cc(OC(C)=O)c(o2)CC(C(=C)C)[C@](O)(N[C@]2(O)CC3=C[C@@H](OC3=O)C(C(=C)C)c3cc(C(=O)OC)c(o3)C[C@@H]2C(=C)C)CC2=C[C@H]1OC2=O. The zero-order chi connectivity index (χ0) is 40.3. The summed E-state index contributed by atoms with van der Waals surface area (Å²) in [6, 6.07) is 3.06. The van der Waals surface area contributed by atoms with Gasteiger partial charge in [-0.2, -0.15) is 0 Å². The Bertz CT molecular complexity index is 2090. The topological polar surface area (TPSA) is 184 Å². The Morgan fingerprint density at radius 3 is 1.64 bits per heavy atom. The number of carbonyl (C=O) groups is 4. The first-order valence-electron chi connectivity index (χ1n) is 18.0. The van der Waals surface area contributed by atoms with Crippen LogP contribution in [0, 0.1) is 11.8 Å². The number of aliphatic hydroxyl groups is 2. The van der Waals surface area contributed by atoms with E-state index in [1.807, 2.05) is 0 Å². The van der Waals surface area contributed by atoms with Gasteiger partial charge in [-0.15, -0.1) is 0 Å². The van der Waals surface area contributed by atoms with Crippen LogP contribution in [0.5, 0.6) is 5.75 Å². The summed E-state index contributed by atoms with van der Waals surface area (Å²) < 4.78 is 34.9. The van der Waals surface area contributed by atoms with Crippen LogP contribution in [0.15, 0.2) is 92.9 Å². The second-order valence-electron chi connectivity index (χ2n) is 15.3. The van der Waals surface area contributed by atoms with Gasteiger partial charge in [0.15, 0.2) is 5.75 Å². The summed E-state index contributed by atoms with van der Waals surface area (Å²) in [4.78, 5) is 52.6. The minimum absolute atomic E-state index is 0.0866. The molecule has 0 fully saturated rings. The number of furan rings is 2. The van der Waals surface area contributed by atoms with E-state index in [0.717, 1.165) is 0 Å². The molecule has 4 aliphatic heterocycles. The fraction of sp³-hybridized carbons (Fsp3) is 0.429. The van der Waals surface area contributed by atoms with Gasteiger partial charge in [0, 0.05) is 61.7 Å². The highest BCUT2D eigenvalue weighted by atomic mass is 16.6. The Morgan fingerprint density at radius 2 is 1.20 bits per heavy atom. The average molecular weight is 758 g/mol. The van der Waals surface area contributed by atoms with Crippen LogP contribution in [0.4, 0.5) is 0 Å². The third-order valence-corrected chi connectivity index (χ3v) is 10.8. The number of fused-ring (bicyclic) bond motifs is 6. The molecule has 0 spiro atoms. The van der Waals surface area contributed by atoms with Gasteiger partial charge >= 0.3 is 23.9 Å². The predicted octanol–water partition coefficient (Wildman–Crippen LogP) is 5.55. The predicted molar refractivity (Wildman–Crippen MR) is 197 cm³/mol. The summed E-state index contributed by atoms with van der Waals surface area (Å²) in [5.41, 5.74) is -2.23. The van der Waals surface area contributed by atoms with Crippen molar-refractivity contribution in [2.75, 3.05) is 7.11 Å². The van der Waals surface area contributed by atoms with Gasteiger partial charge in [0.05, 0.1) is 18.9 Å². The van der Waals surface area contributed by atoms with Crippen molar-refractivity contribution in [1.29, 1.82) is 0 Å². The van der Waals surface area contributed by atoms with Crippen molar-refractivity contribution in [2.45, 2.75) is 95.8 Å². The van der Waals surface area contributed by atoms with Crippen molar-refractivity contribution in [3.63, 3.8) is 0 Å². The summed E-state index contributed by atoms with van der Waals surface area (Å²) in [7, 11) is 1.23. The Labute approximate surface area is 319 Å². The number of nitrogens with one attached hydrogen (secondary N) is 1. The summed E-state index contributed by atoms with van der Waals surface area (Å²) in [6.07, 6.45) is 0.273. The number of ether oxygens (including phenoxy) is 4. The molecule has 13 nitrogen and oxygen atoms in total. The van der Waals surface area contributed by atoms with Gasteiger partial charge in [0.2, 0.25) is 0 Å². The van der Waals surface area contributed by atoms with Crippen molar-refractivity contribution in [3.8, 4) is 5.75 Å². The molecule has 0 saturated heterocycles. The van der Waals surface area contributed by atoms with E-state index in [4.69, 9.17) is 27.8 Å². The molecular weight excluding hydrogens is 710 g/mol. The molecule has 4 aliphatic rings. The largest absolute Gasteiger partial charge is 0.465 e. The molecule has 3 unspecified atom stereocenters. The van der Waals surface area contributed by atoms with Gasteiger partial charge < -0.3 is 38.0 Å². The smallest absolute Gasteiger partial charge is 0.341 e. The highest BCUT2D eigenvalue weighted by molar-refractivity contribution is 5.92. The van der Waals surface area contributed by atoms with E-state index in [2.05, 4.69) is 31.6 Å². The first-order valence-corrected chi connectivity index (χ1v) is 18.0. The minimum Gasteiger partial charge on any atom is -0.465 e. The number of rotatable bonds is 8. The van der Waals surface area contributed by atoms with E-state index in [1.165, 1.54) is 26.2 Å². The van der Waals surface area contributed by atoms with Crippen molar-refractivity contribution in [3.05, 3.63) is 113 Å². The zero-order valence-electron chi connectivity index (χ0n) is 31.9. The van der Waals surface area contributed by atoms with Crippen molar-refractivity contribution in [1.82, 2.24) is 5.32 Å². The van der Waals surface area contributed by atoms with E-state index in [0.29, 0.717) is 33.8 Å². The summed E-state index contributed by atoms with van der Waals surface area (Å²) in [5.74, 6) is -5.13. The molecule has 292 valence electrons. The molecule has 8 bridgehead atoms. The third-order valence-electron chi connectivity index (χ3n) is 10.8. The first-order chi connectivity index (χ1) is 25.7. The monoisotopic (exact) mass is 757 g/mol. The van der Waals surface area contributed by atoms with Gasteiger partial charge in [-0.25, -0.2) is 14.4 Å². The van der Waals surface area contributed by atoms with Gasteiger partial charge in [-0.3, -0.25) is 10.1 Å². The number of hydrogen-bond donors (Lipinski definition) is 3. The average Bonchev–Trinajstić information content (AvgIpc) is 3.83. The van der Waals surface area contributed by atoms with E-state index < -0.39 is 84.0 Å². The Balaban J connectivity index is 1.55. The minimum atomic E-state index is -2.26. The maximum atomic E-state index is 13.6. The molecule has 0 aliphatic carbocycles. The number of methoxy groups -OCH3 is 1. The normalized spacial score (nSPS) is 30.0. The van der Waals surface area contributed by atoms with Crippen LogP contribution in [0.25, 0.3) is 0 Å². The van der Waals surface area contributed by atoms with Crippen LogP contribution >= 0.6 is 0 Å². The maximum Gasteiger partial charge on any atom is 0.341 e. The molecule has 0 saturated carbocycles. The van der Waals surface area contributed by atoms with E-state index in [9.17, 15) is 29.4 Å². The first kappa shape index (κ1) is 39.5. The van der Waals surface area contributed by atoms with Crippen LogP contribution in [0.3, 0.4) is 0 Å². The molecule has 3 N–H and O–H groups in total. The van der Waals surface area contributed by atoms with Crippen LogP contribution in [0.2, 0.25) is 0 Å². The van der Waals surface area contributed by atoms with Crippen molar-refractivity contribution in [2.24, 2.45) is 11.8 Å². The lowest BCUT2D eigenvalue weighted by Gasteiger charge is -2.47. The van der Waals surface area contributed by atoms with Crippen molar-refractivity contribution >= 4 is 23.9 Å². The second kappa shape index (κ2) is 14.4. The maximum absolute atomic E-state index is 13.6. The molecule has 2 aromatic heterocycles. The molecule has 0 radical (unpaired) electrons. The molecular formula is C42H47NO12. The lowest BCUT2D eigenvalue weighted by Crippen LogP contribution is -2.65. The lowest BCUT2D eigenvalue weighted by molar-refractivity contribution is -0.153. The number of hydrogen-bond acceptors (Lipinski definition) is 13. The Morgan fingerprint density at radius 1 is 0.745 bits per heavy atom. The van der Waals surface area contributed by atoms with Gasteiger partial charge in [0.1, 0.15) is 52.3 Å². The van der Waals surface area contributed by atoms with Crippen LogP contribution < -0.4 is 10.1 Å². The van der Waals surface area contributed by atoms with Crippen molar-refractivity contribution < 1.29 is 57.2 Å². The molecule has 2 aromatic rings. The van der Waals surface area contributed by atoms with Gasteiger partial charge in [-0.05, 0) is 45.9 Å².